The molecule has 0 aliphatic heterocycles. The largest absolute Gasteiger partial charge is 0.497 e. The summed E-state index contributed by atoms with van der Waals surface area (Å²) in [5.74, 6) is 0.833. The number of benzene rings is 2. The molecule has 0 spiro atoms. The molecule has 1 N–H and O–H groups in total. The zero-order valence-corrected chi connectivity index (χ0v) is 12.5. The van der Waals surface area contributed by atoms with Gasteiger partial charge in [0.15, 0.2) is 0 Å². The number of fused-ring (bicyclic) bond motifs is 1. The van der Waals surface area contributed by atoms with Crippen LogP contribution in [0.3, 0.4) is 0 Å². The Morgan fingerprint density at radius 2 is 1.86 bits per heavy atom. The first-order valence-electron chi connectivity index (χ1n) is 6.95. The molecular formula is C18H18N2O. The minimum Gasteiger partial charge on any atom is -0.497 e. The summed E-state index contributed by atoms with van der Waals surface area (Å²) in [6.45, 7) is 4.25. The molecule has 0 radical (unpaired) electrons. The average molecular weight is 278 g/mol. The minimum atomic E-state index is 0.833. The fourth-order valence-electron chi connectivity index (χ4n) is 2.39. The Labute approximate surface area is 124 Å². The van der Waals surface area contributed by atoms with Crippen LogP contribution in [-0.2, 0) is 0 Å². The summed E-state index contributed by atoms with van der Waals surface area (Å²) < 4.78 is 5.31. The first kappa shape index (κ1) is 13.4. The molecule has 1 aromatic heterocycles. The van der Waals surface area contributed by atoms with Crippen LogP contribution in [0.5, 0.6) is 5.75 Å². The molecule has 106 valence electrons. The second-order valence-electron chi connectivity index (χ2n) is 5.11. The lowest BCUT2D eigenvalue weighted by Gasteiger charge is -2.13. The van der Waals surface area contributed by atoms with Gasteiger partial charge in [0.2, 0.25) is 0 Å². The predicted octanol–water partition coefficient (Wildman–Crippen LogP) is 4.60. The molecule has 0 unspecified atom stereocenters. The van der Waals surface area contributed by atoms with Gasteiger partial charge in [-0.3, -0.25) is 4.98 Å². The topological polar surface area (TPSA) is 34.1 Å². The number of rotatable bonds is 3. The lowest BCUT2D eigenvalue weighted by Crippen LogP contribution is -1.96. The van der Waals surface area contributed by atoms with Crippen LogP contribution < -0.4 is 10.1 Å². The van der Waals surface area contributed by atoms with E-state index in [4.69, 9.17) is 4.74 Å². The minimum absolute atomic E-state index is 0.833. The van der Waals surface area contributed by atoms with Crippen LogP contribution in [0.25, 0.3) is 10.9 Å². The first-order chi connectivity index (χ1) is 10.2. The highest BCUT2D eigenvalue weighted by molar-refractivity contribution is 5.94. The molecule has 1 heterocycles. The highest BCUT2D eigenvalue weighted by Crippen LogP contribution is 2.30. The Hall–Kier alpha value is -2.55. The fraction of sp³-hybridized carbons (Fsp3) is 0.167. The second-order valence-corrected chi connectivity index (χ2v) is 5.11. The molecule has 0 saturated carbocycles. The smallest absolute Gasteiger partial charge is 0.119 e. The molecular weight excluding hydrogens is 260 g/mol. The molecule has 0 atom stereocenters. The molecule has 0 saturated heterocycles. The van der Waals surface area contributed by atoms with E-state index in [9.17, 15) is 0 Å². The third-order valence-electron chi connectivity index (χ3n) is 3.82. The number of aryl methyl sites for hydroxylation is 1. The average Bonchev–Trinajstić information content (AvgIpc) is 2.51. The number of ether oxygens (including phenoxy) is 1. The molecule has 3 aromatic rings. The van der Waals surface area contributed by atoms with Crippen molar-refractivity contribution < 1.29 is 4.74 Å². The van der Waals surface area contributed by atoms with Crippen molar-refractivity contribution in [1.29, 1.82) is 0 Å². The molecule has 0 aliphatic rings. The number of hydrogen-bond acceptors (Lipinski definition) is 3. The monoisotopic (exact) mass is 278 g/mol. The lowest BCUT2D eigenvalue weighted by molar-refractivity contribution is 0.415. The van der Waals surface area contributed by atoms with Crippen LogP contribution in [-0.4, -0.2) is 12.1 Å². The van der Waals surface area contributed by atoms with Gasteiger partial charge in [0, 0.05) is 23.0 Å². The Bertz CT molecular complexity index is 796. The molecule has 0 fully saturated rings. The zero-order chi connectivity index (χ0) is 14.8. The van der Waals surface area contributed by atoms with Gasteiger partial charge in [0.05, 0.1) is 12.6 Å². The van der Waals surface area contributed by atoms with Gasteiger partial charge in [-0.2, -0.15) is 0 Å². The van der Waals surface area contributed by atoms with Gasteiger partial charge in [-0.25, -0.2) is 0 Å². The van der Waals surface area contributed by atoms with Crippen LogP contribution in [0.2, 0.25) is 0 Å². The van der Waals surface area contributed by atoms with Gasteiger partial charge in [-0.15, -0.1) is 0 Å². The van der Waals surface area contributed by atoms with Crippen molar-refractivity contribution >= 4 is 22.3 Å². The molecule has 3 nitrogen and oxygen atoms in total. The van der Waals surface area contributed by atoms with E-state index in [0.717, 1.165) is 28.0 Å². The van der Waals surface area contributed by atoms with E-state index in [2.05, 4.69) is 42.3 Å². The van der Waals surface area contributed by atoms with Crippen molar-refractivity contribution in [2.24, 2.45) is 0 Å². The van der Waals surface area contributed by atoms with Crippen molar-refractivity contribution in [2.45, 2.75) is 13.8 Å². The molecule has 2 aromatic carbocycles. The van der Waals surface area contributed by atoms with Crippen LogP contribution in [0, 0.1) is 13.8 Å². The summed E-state index contributed by atoms with van der Waals surface area (Å²) >= 11 is 0. The highest BCUT2D eigenvalue weighted by Gasteiger charge is 2.06. The van der Waals surface area contributed by atoms with E-state index in [1.165, 1.54) is 11.1 Å². The van der Waals surface area contributed by atoms with Crippen LogP contribution >= 0.6 is 0 Å². The van der Waals surface area contributed by atoms with Gasteiger partial charge in [0.1, 0.15) is 5.75 Å². The van der Waals surface area contributed by atoms with E-state index in [1.807, 2.05) is 30.5 Å². The number of aromatic nitrogens is 1. The normalized spacial score (nSPS) is 10.6. The molecule has 0 bridgehead atoms. The number of methoxy groups -OCH3 is 1. The summed E-state index contributed by atoms with van der Waals surface area (Å²) in [6, 6.07) is 14.2. The molecule has 0 amide bonds. The summed E-state index contributed by atoms with van der Waals surface area (Å²) in [5.41, 5.74) is 5.63. The Morgan fingerprint density at radius 3 is 2.67 bits per heavy atom. The number of nitrogens with zero attached hydrogens (tertiary/aromatic N) is 1. The summed E-state index contributed by atoms with van der Waals surface area (Å²) in [7, 11) is 1.68. The molecule has 3 rings (SSSR count). The molecule has 21 heavy (non-hydrogen) atoms. The number of hydrogen-bond donors (Lipinski definition) is 1. The van der Waals surface area contributed by atoms with E-state index >= 15 is 0 Å². The van der Waals surface area contributed by atoms with Crippen LogP contribution in [0.15, 0.2) is 48.7 Å². The number of nitrogens with one attached hydrogen (secondary N) is 1. The second kappa shape index (κ2) is 5.44. The van der Waals surface area contributed by atoms with E-state index in [1.54, 1.807) is 7.11 Å². The van der Waals surface area contributed by atoms with E-state index in [-0.39, 0.29) is 0 Å². The van der Waals surface area contributed by atoms with Gasteiger partial charge in [-0.05, 0) is 55.3 Å². The molecule has 0 aliphatic carbocycles. The van der Waals surface area contributed by atoms with Gasteiger partial charge in [-0.1, -0.05) is 12.1 Å². The third kappa shape index (κ3) is 2.55. The maximum absolute atomic E-state index is 5.31. The quantitative estimate of drug-likeness (QED) is 0.760. The Morgan fingerprint density at radius 1 is 1.00 bits per heavy atom. The van der Waals surface area contributed by atoms with E-state index in [0.29, 0.717) is 0 Å². The Balaban J connectivity index is 2.09. The van der Waals surface area contributed by atoms with Gasteiger partial charge >= 0.3 is 0 Å². The summed E-state index contributed by atoms with van der Waals surface area (Å²) in [4.78, 5) is 4.40. The van der Waals surface area contributed by atoms with Crippen LogP contribution in [0.1, 0.15) is 11.1 Å². The summed E-state index contributed by atoms with van der Waals surface area (Å²) in [6.07, 6.45) is 1.82. The first-order valence-corrected chi connectivity index (χ1v) is 6.95. The fourth-order valence-corrected chi connectivity index (χ4v) is 2.39. The van der Waals surface area contributed by atoms with Crippen LogP contribution in [0.4, 0.5) is 11.4 Å². The number of pyridine rings is 1. The molecule has 3 heteroatoms. The standard InChI is InChI=1S/C18H18N2O/c1-12-5-4-6-16(13(12)2)20-18-9-10-19-17-8-7-14(21-3)11-15(17)18/h4-11H,1-3H3,(H,19,20). The van der Waals surface area contributed by atoms with Gasteiger partial charge < -0.3 is 10.1 Å². The third-order valence-corrected chi connectivity index (χ3v) is 3.82. The predicted molar refractivity (Wildman–Crippen MR) is 87.5 cm³/mol. The highest BCUT2D eigenvalue weighted by atomic mass is 16.5. The van der Waals surface area contributed by atoms with Crippen molar-refractivity contribution in [3.63, 3.8) is 0 Å². The van der Waals surface area contributed by atoms with Crippen molar-refractivity contribution in [3.8, 4) is 5.75 Å². The lowest BCUT2D eigenvalue weighted by atomic mass is 10.1. The summed E-state index contributed by atoms with van der Waals surface area (Å²) in [5, 5.41) is 4.57. The van der Waals surface area contributed by atoms with Gasteiger partial charge in [0.25, 0.3) is 0 Å². The van der Waals surface area contributed by atoms with E-state index < -0.39 is 0 Å². The Kier molecular flexibility index (Phi) is 3.48. The maximum atomic E-state index is 5.31. The maximum Gasteiger partial charge on any atom is 0.119 e. The number of anilines is 2. The zero-order valence-electron chi connectivity index (χ0n) is 12.5. The van der Waals surface area contributed by atoms with Crippen molar-refractivity contribution in [1.82, 2.24) is 4.98 Å². The van der Waals surface area contributed by atoms with Crippen molar-refractivity contribution in [3.05, 3.63) is 59.8 Å². The SMILES string of the molecule is COc1ccc2nccc(Nc3cccc(C)c3C)c2c1. The van der Waals surface area contributed by atoms with Crippen molar-refractivity contribution in [2.75, 3.05) is 12.4 Å².